The highest BCUT2D eigenvalue weighted by molar-refractivity contribution is 14.1. The first-order valence-electron chi connectivity index (χ1n) is 11.6. The van der Waals surface area contributed by atoms with Gasteiger partial charge >= 0.3 is 11.9 Å². The average molecular weight is 566 g/mol. The average Bonchev–Trinajstić information content (AvgIpc) is 2.85. The highest BCUT2D eigenvalue weighted by Crippen LogP contribution is 2.26. The van der Waals surface area contributed by atoms with Crippen LogP contribution < -0.4 is 4.74 Å². The lowest BCUT2D eigenvalue weighted by Crippen LogP contribution is -2.08. The first-order chi connectivity index (χ1) is 16.1. The molecule has 0 saturated carbocycles. The third-order valence-electron chi connectivity index (χ3n) is 5.58. The Kier molecular flexibility index (Phi) is 12.9. The lowest BCUT2D eigenvalue weighted by molar-refractivity contribution is -0.140. The molecule has 2 aromatic rings. The van der Waals surface area contributed by atoms with Crippen LogP contribution in [0.1, 0.15) is 65.6 Å². The molecule has 0 unspecified atom stereocenters. The van der Waals surface area contributed by atoms with E-state index in [4.69, 9.17) is 14.2 Å². The molecule has 0 amide bonds. The van der Waals surface area contributed by atoms with Gasteiger partial charge in [0.05, 0.1) is 26.4 Å². The summed E-state index contributed by atoms with van der Waals surface area (Å²) in [5, 5.41) is 0. The lowest BCUT2D eigenvalue weighted by atomic mass is 9.97. The second-order valence-corrected chi connectivity index (χ2v) is 9.05. The molecule has 0 heterocycles. The fourth-order valence-electron chi connectivity index (χ4n) is 3.79. The number of ether oxygens (including phenoxy) is 3. The smallest absolute Gasteiger partial charge is 0.337 e. The predicted octanol–water partition coefficient (Wildman–Crippen LogP) is 6.13. The van der Waals surface area contributed by atoms with Crippen LogP contribution in [0.25, 0.3) is 0 Å². The maximum Gasteiger partial charge on any atom is 0.337 e. The first-order valence-corrected chi connectivity index (χ1v) is 13.1. The van der Waals surface area contributed by atoms with Crippen LogP contribution >= 0.6 is 22.6 Å². The summed E-state index contributed by atoms with van der Waals surface area (Å²) in [5.41, 5.74) is 4.01. The topological polar surface area (TPSA) is 61.8 Å². The third kappa shape index (κ3) is 9.74. The van der Waals surface area contributed by atoms with Crippen LogP contribution in [0.3, 0.4) is 0 Å². The normalized spacial score (nSPS) is 10.6. The fourth-order valence-corrected chi connectivity index (χ4v) is 4.33. The summed E-state index contributed by atoms with van der Waals surface area (Å²) in [4.78, 5) is 23.5. The summed E-state index contributed by atoms with van der Waals surface area (Å²) in [6.45, 7) is 0.562. The number of alkyl halides is 1. The van der Waals surface area contributed by atoms with Crippen molar-refractivity contribution < 1.29 is 23.8 Å². The van der Waals surface area contributed by atoms with Gasteiger partial charge in [-0.2, -0.15) is 0 Å². The van der Waals surface area contributed by atoms with Crippen LogP contribution in [0.4, 0.5) is 0 Å². The van der Waals surface area contributed by atoms with E-state index in [0.29, 0.717) is 25.0 Å². The van der Waals surface area contributed by atoms with E-state index < -0.39 is 0 Å². The summed E-state index contributed by atoms with van der Waals surface area (Å²) in [5.74, 6) is 0.324. The molecule has 180 valence electrons. The highest BCUT2D eigenvalue weighted by atomic mass is 127. The van der Waals surface area contributed by atoms with Gasteiger partial charge in [-0.1, -0.05) is 59.7 Å². The van der Waals surface area contributed by atoms with Crippen LogP contribution in [0, 0.1) is 0 Å². The van der Waals surface area contributed by atoms with Crippen molar-refractivity contribution >= 4 is 34.5 Å². The Hall–Kier alpha value is -2.09. The molecule has 0 fully saturated rings. The Labute approximate surface area is 211 Å². The van der Waals surface area contributed by atoms with Gasteiger partial charge in [0.2, 0.25) is 0 Å². The zero-order valence-corrected chi connectivity index (χ0v) is 21.9. The minimum Gasteiger partial charge on any atom is -0.493 e. The van der Waals surface area contributed by atoms with Crippen molar-refractivity contribution in [1.82, 2.24) is 0 Å². The number of esters is 2. The molecule has 2 rings (SSSR count). The molecule has 6 heteroatoms. The van der Waals surface area contributed by atoms with E-state index in [1.165, 1.54) is 43.5 Å². The van der Waals surface area contributed by atoms with Crippen molar-refractivity contribution in [2.75, 3.05) is 25.3 Å². The Morgan fingerprint density at radius 2 is 1.64 bits per heavy atom. The summed E-state index contributed by atoms with van der Waals surface area (Å²) < 4.78 is 17.0. The number of benzene rings is 2. The third-order valence-corrected chi connectivity index (χ3v) is 6.34. The van der Waals surface area contributed by atoms with Crippen molar-refractivity contribution in [1.29, 1.82) is 0 Å². The SMILES string of the molecule is COC(=O)CCc1c(CCCCCCI)cccc1OCCCc1cccc(C(=O)OC)c1. The van der Waals surface area contributed by atoms with Crippen LogP contribution in [-0.4, -0.2) is 37.2 Å². The maximum atomic E-state index is 11.8. The number of carbonyl (C=O) groups excluding carboxylic acids is 2. The molecule has 0 spiro atoms. The minimum atomic E-state index is -0.325. The van der Waals surface area contributed by atoms with Crippen LogP contribution in [0.2, 0.25) is 0 Å². The summed E-state index contributed by atoms with van der Waals surface area (Å²) >= 11 is 2.43. The van der Waals surface area contributed by atoms with Crippen molar-refractivity contribution in [2.24, 2.45) is 0 Å². The monoisotopic (exact) mass is 566 g/mol. The van der Waals surface area contributed by atoms with Gasteiger partial charge in [-0.25, -0.2) is 4.79 Å². The molecule has 0 saturated heterocycles. The predicted molar refractivity (Wildman–Crippen MR) is 139 cm³/mol. The molecular formula is C27H35IO5. The number of carbonyl (C=O) groups is 2. The van der Waals surface area contributed by atoms with Gasteiger partial charge in [-0.05, 0) is 77.8 Å². The molecular weight excluding hydrogens is 531 g/mol. The molecule has 0 N–H and O–H groups in total. The number of methoxy groups -OCH3 is 2. The van der Waals surface area contributed by atoms with Crippen molar-refractivity contribution in [3.63, 3.8) is 0 Å². The summed E-state index contributed by atoms with van der Waals surface area (Å²) in [6.07, 6.45) is 8.47. The minimum absolute atomic E-state index is 0.205. The van der Waals surface area contributed by atoms with Crippen LogP contribution in [0.15, 0.2) is 42.5 Å². The Morgan fingerprint density at radius 3 is 2.39 bits per heavy atom. The largest absolute Gasteiger partial charge is 0.493 e. The molecule has 0 radical (unpaired) electrons. The van der Waals surface area contributed by atoms with Gasteiger partial charge in [0.25, 0.3) is 0 Å². The van der Waals surface area contributed by atoms with Crippen molar-refractivity contribution in [2.45, 2.75) is 57.8 Å². The van der Waals surface area contributed by atoms with Gasteiger partial charge in [-0.15, -0.1) is 0 Å². The van der Waals surface area contributed by atoms with Gasteiger partial charge in [0, 0.05) is 6.42 Å². The van der Waals surface area contributed by atoms with E-state index in [1.807, 2.05) is 30.3 Å². The van der Waals surface area contributed by atoms with E-state index in [1.54, 1.807) is 6.07 Å². The summed E-state index contributed by atoms with van der Waals surface area (Å²) in [6, 6.07) is 13.7. The fraction of sp³-hybridized carbons (Fsp3) is 0.481. The Balaban J connectivity index is 1.98. The van der Waals surface area contributed by atoms with Gasteiger partial charge < -0.3 is 14.2 Å². The molecule has 0 bridgehead atoms. The Morgan fingerprint density at radius 1 is 0.848 bits per heavy atom. The molecule has 0 aliphatic rings. The summed E-state index contributed by atoms with van der Waals surface area (Å²) in [7, 11) is 2.81. The van der Waals surface area contributed by atoms with Crippen molar-refractivity contribution in [3.05, 3.63) is 64.7 Å². The van der Waals surface area contributed by atoms with E-state index in [-0.39, 0.29) is 11.9 Å². The second kappa shape index (κ2) is 15.7. The number of hydrogen-bond acceptors (Lipinski definition) is 5. The number of aryl methyl sites for hydroxylation is 2. The number of unbranched alkanes of at least 4 members (excludes halogenated alkanes) is 3. The van der Waals surface area contributed by atoms with Gasteiger partial charge in [0.1, 0.15) is 5.75 Å². The molecule has 5 nitrogen and oxygen atoms in total. The molecule has 33 heavy (non-hydrogen) atoms. The van der Waals surface area contributed by atoms with Gasteiger partial charge in [-0.3, -0.25) is 4.79 Å². The van der Waals surface area contributed by atoms with E-state index in [2.05, 4.69) is 28.7 Å². The van der Waals surface area contributed by atoms with Crippen LogP contribution in [0.5, 0.6) is 5.75 Å². The molecule has 0 aliphatic heterocycles. The lowest BCUT2D eigenvalue weighted by Gasteiger charge is -2.16. The maximum absolute atomic E-state index is 11.8. The van der Waals surface area contributed by atoms with Crippen molar-refractivity contribution in [3.8, 4) is 5.75 Å². The highest BCUT2D eigenvalue weighted by Gasteiger charge is 2.13. The zero-order chi connectivity index (χ0) is 23.9. The van der Waals surface area contributed by atoms with E-state index >= 15 is 0 Å². The number of hydrogen-bond donors (Lipinski definition) is 0. The number of halogens is 1. The molecule has 0 atom stereocenters. The van der Waals surface area contributed by atoms with Crippen LogP contribution in [-0.2, 0) is 33.5 Å². The second-order valence-electron chi connectivity index (χ2n) is 7.97. The Bertz CT molecular complexity index is 881. The molecule has 2 aromatic carbocycles. The molecule has 0 aromatic heterocycles. The van der Waals surface area contributed by atoms with E-state index in [9.17, 15) is 9.59 Å². The van der Waals surface area contributed by atoms with E-state index in [0.717, 1.165) is 42.6 Å². The molecule has 0 aliphatic carbocycles. The zero-order valence-electron chi connectivity index (χ0n) is 19.7. The standard InChI is InChI=1S/C27H35IO5/c1-31-26(29)17-16-24-22(12-5-3-4-6-18-28)13-8-15-25(24)33-19-9-11-21-10-7-14-23(20-21)27(30)32-2/h7-8,10,13-15,20H,3-6,9,11-12,16-19H2,1-2H3. The quantitative estimate of drug-likeness (QED) is 0.112. The van der Waals surface area contributed by atoms with Gasteiger partial charge in [0.15, 0.2) is 0 Å². The first kappa shape index (κ1) is 27.2. The number of rotatable bonds is 15.